The SMILES string of the molecule is CC1(C)c2cc(N(c3ccc(-c4ccccc4)cc3)c3ccc4c(c3)C3(c5ccccc5-c5ccccc53)c3ccccc3-4)ccc2C2=CCCCC21. The summed E-state index contributed by atoms with van der Waals surface area (Å²) < 4.78 is 0. The maximum atomic E-state index is 2.52. The van der Waals surface area contributed by atoms with Gasteiger partial charge in [-0.3, -0.25) is 0 Å². The third-order valence-corrected chi connectivity index (χ3v) is 13.0. The van der Waals surface area contributed by atoms with E-state index in [9.17, 15) is 0 Å². The lowest BCUT2D eigenvalue weighted by atomic mass is 9.70. The zero-order chi connectivity index (χ0) is 35.3. The van der Waals surface area contributed by atoms with Crippen molar-refractivity contribution in [1.29, 1.82) is 0 Å². The first-order valence-corrected chi connectivity index (χ1v) is 19.3. The number of allylic oxidation sites excluding steroid dienone is 2. The highest BCUT2D eigenvalue weighted by Crippen LogP contribution is 2.63. The van der Waals surface area contributed by atoms with Gasteiger partial charge in [0, 0.05) is 17.1 Å². The largest absolute Gasteiger partial charge is 0.310 e. The van der Waals surface area contributed by atoms with Crippen molar-refractivity contribution in [3.63, 3.8) is 0 Å². The van der Waals surface area contributed by atoms with Crippen LogP contribution in [0.15, 0.2) is 170 Å². The van der Waals surface area contributed by atoms with Gasteiger partial charge < -0.3 is 4.90 Å². The van der Waals surface area contributed by atoms with Gasteiger partial charge in [-0.05, 0) is 139 Å². The van der Waals surface area contributed by atoms with E-state index in [-0.39, 0.29) is 10.8 Å². The second-order valence-corrected chi connectivity index (χ2v) is 16.0. The molecular formula is C52H41N. The first kappa shape index (κ1) is 30.7. The highest BCUT2D eigenvalue weighted by atomic mass is 15.1. The van der Waals surface area contributed by atoms with Crippen LogP contribution in [0.25, 0.3) is 39.0 Å². The smallest absolute Gasteiger partial charge is 0.0726 e. The summed E-state index contributed by atoms with van der Waals surface area (Å²) in [5.41, 5.74) is 21.0. The lowest BCUT2D eigenvalue weighted by Gasteiger charge is -2.33. The summed E-state index contributed by atoms with van der Waals surface area (Å²) in [6, 6.07) is 61.7. The Kier molecular flexibility index (Phi) is 6.54. The first-order valence-electron chi connectivity index (χ1n) is 19.3. The van der Waals surface area contributed by atoms with Gasteiger partial charge in [-0.1, -0.05) is 147 Å². The minimum atomic E-state index is -0.389. The molecule has 0 aromatic heterocycles. The lowest BCUT2D eigenvalue weighted by molar-refractivity contribution is 0.376. The Morgan fingerprint density at radius 1 is 0.453 bits per heavy atom. The first-order chi connectivity index (χ1) is 26.0. The second-order valence-electron chi connectivity index (χ2n) is 16.0. The Balaban J connectivity index is 1.14. The minimum Gasteiger partial charge on any atom is -0.310 e. The number of anilines is 3. The van der Waals surface area contributed by atoms with Crippen molar-refractivity contribution in [3.8, 4) is 33.4 Å². The van der Waals surface area contributed by atoms with E-state index in [4.69, 9.17) is 0 Å². The van der Waals surface area contributed by atoms with E-state index in [2.05, 4.69) is 189 Å². The van der Waals surface area contributed by atoms with E-state index in [0.717, 1.165) is 5.69 Å². The van der Waals surface area contributed by atoms with Crippen LogP contribution in [0.2, 0.25) is 0 Å². The molecule has 1 heteroatoms. The van der Waals surface area contributed by atoms with Gasteiger partial charge in [0.15, 0.2) is 0 Å². The number of benzene rings is 7. The van der Waals surface area contributed by atoms with Gasteiger partial charge in [0.2, 0.25) is 0 Å². The van der Waals surface area contributed by atoms with Crippen molar-refractivity contribution < 1.29 is 0 Å². The quantitative estimate of drug-likeness (QED) is 0.179. The number of hydrogen-bond donors (Lipinski definition) is 0. The van der Waals surface area contributed by atoms with Crippen LogP contribution in [0, 0.1) is 5.92 Å². The zero-order valence-corrected chi connectivity index (χ0v) is 30.3. The van der Waals surface area contributed by atoms with Crippen molar-refractivity contribution in [2.75, 3.05) is 4.90 Å². The molecule has 7 aromatic rings. The average molecular weight is 680 g/mol. The Morgan fingerprint density at radius 2 is 0.943 bits per heavy atom. The molecule has 7 aromatic carbocycles. The molecule has 53 heavy (non-hydrogen) atoms. The van der Waals surface area contributed by atoms with Gasteiger partial charge in [-0.15, -0.1) is 0 Å². The molecule has 1 atom stereocenters. The molecule has 1 spiro atoms. The molecule has 4 aliphatic rings. The summed E-state index contributed by atoms with van der Waals surface area (Å²) in [6.07, 6.45) is 6.26. The van der Waals surface area contributed by atoms with Crippen LogP contribution in [0.4, 0.5) is 17.1 Å². The van der Waals surface area contributed by atoms with Gasteiger partial charge in [-0.2, -0.15) is 0 Å². The van der Waals surface area contributed by atoms with Gasteiger partial charge in [0.1, 0.15) is 0 Å². The molecule has 0 fully saturated rings. The maximum absolute atomic E-state index is 2.52. The van der Waals surface area contributed by atoms with Gasteiger partial charge in [0.25, 0.3) is 0 Å². The molecule has 4 aliphatic carbocycles. The summed E-state index contributed by atoms with van der Waals surface area (Å²) in [4.78, 5) is 2.51. The fourth-order valence-corrected chi connectivity index (χ4v) is 10.7. The van der Waals surface area contributed by atoms with Crippen LogP contribution >= 0.6 is 0 Å². The lowest BCUT2D eigenvalue weighted by Crippen LogP contribution is -2.26. The number of fused-ring (bicyclic) bond motifs is 13. The van der Waals surface area contributed by atoms with Crippen molar-refractivity contribution in [2.45, 2.75) is 43.9 Å². The Labute approximate surface area is 312 Å². The van der Waals surface area contributed by atoms with Gasteiger partial charge >= 0.3 is 0 Å². The highest BCUT2D eigenvalue weighted by Gasteiger charge is 2.51. The van der Waals surface area contributed by atoms with Crippen molar-refractivity contribution >= 4 is 22.6 Å². The van der Waals surface area contributed by atoms with E-state index in [0.29, 0.717) is 5.92 Å². The Morgan fingerprint density at radius 3 is 1.57 bits per heavy atom. The summed E-state index contributed by atoms with van der Waals surface area (Å²) >= 11 is 0. The third kappa shape index (κ3) is 4.20. The molecule has 0 aliphatic heterocycles. The monoisotopic (exact) mass is 679 g/mol. The Bertz CT molecular complexity index is 2560. The van der Waals surface area contributed by atoms with Crippen molar-refractivity contribution in [1.82, 2.24) is 0 Å². The Hall–Kier alpha value is -5.92. The molecular weight excluding hydrogens is 639 g/mol. The van der Waals surface area contributed by atoms with Crippen molar-refractivity contribution in [3.05, 3.63) is 203 Å². The second kappa shape index (κ2) is 11.3. The van der Waals surface area contributed by atoms with Crippen LogP contribution in [0.1, 0.15) is 66.5 Å². The summed E-state index contributed by atoms with van der Waals surface area (Å²) in [5.74, 6) is 0.584. The molecule has 0 N–H and O–H groups in total. The fourth-order valence-electron chi connectivity index (χ4n) is 10.7. The standard InChI is InChI=1S/C52H41N/c1-51(2)45-20-10-6-16-39(45)43-30-28-37(32-49(43)51)53(36-26-24-35(25-27-36)34-14-4-3-5-15-34)38-29-31-44-42-19-9-13-23-48(42)52(50(44)33-38)46-21-11-7-17-40(46)41-18-8-12-22-47(41)52/h3-5,7-9,11-19,21-33,45H,6,10,20H2,1-2H3. The molecule has 0 radical (unpaired) electrons. The molecule has 0 saturated carbocycles. The van der Waals surface area contributed by atoms with E-state index in [1.165, 1.54) is 97.4 Å². The molecule has 1 unspecified atom stereocenters. The average Bonchev–Trinajstić information content (AvgIpc) is 3.77. The maximum Gasteiger partial charge on any atom is 0.0726 e. The van der Waals surface area contributed by atoms with E-state index in [1.54, 1.807) is 5.57 Å². The van der Waals surface area contributed by atoms with Crippen molar-refractivity contribution in [2.24, 2.45) is 5.92 Å². The number of hydrogen-bond acceptors (Lipinski definition) is 1. The normalized spacial score (nSPS) is 17.6. The fraction of sp³-hybridized carbons (Fsp3) is 0.154. The van der Waals surface area contributed by atoms with Gasteiger partial charge in [0.05, 0.1) is 5.41 Å². The summed E-state index contributed by atoms with van der Waals surface area (Å²) in [5, 5.41) is 0. The van der Waals surface area contributed by atoms with E-state index >= 15 is 0 Å². The molecule has 11 rings (SSSR count). The molecule has 254 valence electrons. The minimum absolute atomic E-state index is 0.0847. The molecule has 1 nitrogen and oxygen atoms in total. The zero-order valence-electron chi connectivity index (χ0n) is 30.3. The summed E-state index contributed by atoms with van der Waals surface area (Å²) in [6.45, 7) is 4.94. The topological polar surface area (TPSA) is 3.24 Å². The van der Waals surface area contributed by atoms with E-state index in [1.807, 2.05) is 0 Å². The molecule has 0 saturated heterocycles. The van der Waals surface area contributed by atoms with Crippen LogP contribution in [-0.2, 0) is 10.8 Å². The van der Waals surface area contributed by atoms with Crippen LogP contribution < -0.4 is 4.90 Å². The van der Waals surface area contributed by atoms with Crippen LogP contribution in [0.3, 0.4) is 0 Å². The van der Waals surface area contributed by atoms with Gasteiger partial charge in [-0.25, -0.2) is 0 Å². The molecule has 0 amide bonds. The predicted octanol–water partition coefficient (Wildman–Crippen LogP) is 13.6. The third-order valence-electron chi connectivity index (χ3n) is 13.0. The molecule has 0 heterocycles. The van der Waals surface area contributed by atoms with Crippen LogP contribution in [-0.4, -0.2) is 0 Å². The number of nitrogens with zero attached hydrogens (tertiary/aromatic N) is 1. The van der Waals surface area contributed by atoms with Crippen LogP contribution in [0.5, 0.6) is 0 Å². The molecule has 0 bridgehead atoms. The number of rotatable bonds is 4. The summed E-state index contributed by atoms with van der Waals surface area (Å²) in [7, 11) is 0. The highest BCUT2D eigenvalue weighted by molar-refractivity contribution is 5.96. The van der Waals surface area contributed by atoms with E-state index < -0.39 is 0 Å². The predicted molar refractivity (Wildman–Crippen MR) is 221 cm³/mol.